The molecule has 0 aliphatic carbocycles. The summed E-state index contributed by atoms with van der Waals surface area (Å²) < 4.78 is 0. The summed E-state index contributed by atoms with van der Waals surface area (Å²) in [6.07, 6.45) is 1.69. The van der Waals surface area contributed by atoms with Crippen LogP contribution in [0, 0.1) is 0 Å². The molecule has 2 rings (SSSR count). The molecule has 0 saturated carbocycles. The fourth-order valence-electron chi connectivity index (χ4n) is 1.63. The number of amides is 1. The Morgan fingerprint density at radius 1 is 1.32 bits per heavy atom. The van der Waals surface area contributed by atoms with Crippen LogP contribution in [0.5, 0.6) is 0 Å². The van der Waals surface area contributed by atoms with Crippen LogP contribution in [0.1, 0.15) is 12.6 Å². The van der Waals surface area contributed by atoms with Crippen molar-refractivity contribution in [2.75, 3.05) is 13.1 Å². The van der Waals surface area contributed by atoms with E-state index in [0.717, 1.165) is 11.4 Å². The van der Waals surface area contributed by atoms with Gasteiger partial charge in [0.1, 0.15) is 0 Å². The Morgan fingerprint density at radius 2 is 2.11 bits per heavy atom. The lowest BCUT2D eigenvalue weighted by atomic mass is 10.3. The van der Waals surface area contributed by atoms with E-state index in [4.69, 9.17) is 0 Å². The van der Waals surface area contributed by atoms with Gasteiger partial charge in [0.15, 0.2) is 0 Å². The van der Waals surface area contributed by atoms with Crippen LogP contribution in [-0.4, -0.2) is 34.0 Å². The van der Waals surface area contributed by atoms with E-state index in [9.17, 15) is 4.79 Å². The highest BCUT2D eigenvalue weighted by Crippen LogP contribution is 2.03. The quantitative estimate of drug-likeness (QED) is 0.792. The van der Waals surface area contributed by atoms with Gasteiger partial charge in [-0.1, -0.05) is 18.2 Å². The molecule has 0 aliphatic rings. The van der Waals surface area contributed by atoms with Gasteiger partial charge in [0, 0.05) is 13.1 Å². The zero-order valence-corrected chi connectivity index (χ0v) is 10.8. The van der Waals surface area contributed by atoms with Crippen molar-refractivity contribution in [3.8, 4) is 5.69 Å². The van der Waals surface area contributed by atoms with Crippen LogP contribution in [0.2, 0.25) is 0 Å². The largest absolute Gasteiger partial charge is 0.355 e. The number of rotatable bonds is 6. The van der Waals surface area contributed by atoms with Gasteiger partial charge < -0.3 is 10.6 Å². The second kappa shape index (κ2) is 6.65. The van der Waals surface area contributed by atoms with E-state index in [0.29, 0.717) is 13.1 Å². The Morgan fingerprint density at radius 3 is 2.84 bits per heavy atom. The number of hydrogen-bond donors (Lipinski definition) is 2. The molecule has 6 heteroatoms. The van der Waals surface area contributed by atoms with Crippen LogP contribution in [0.3, 0.4) is 0 Å². The minimum Gasteiger partial charge on any atom is -0.355 e. The van der Waals surface area contributed by atoms with Crippen molar-refractivity contribution in [2.24, 2.45) is 0 Å². The number of nitrogens with one attached hydrogen (secondary N) is 2. The number of hydrogen-bond acceptors (Lipinski definition) is 4. The molecule has 0 saturated heterocycles. The molecule has 100 valence electrons. The predicted molar refractivity (Wildman–Crippen MR) is 71.7 cm³/mol. The molecule has 0 aliphatic heterocycles. The first-order valence-corrected chi connectivity index (χ1v) is 6.23. The lowest BCUT2D eigenvalue weighted by Gasteiger charge is -2.02. The standard InChI is InChI=1S/C13H17N5O/c1-2-15-13(19)10-14-8-11-9-16-18(17-11)12-6-4-3-5-7-12/h3-7,9,14H,2,8,10H2,1H3,(H,15,19). The summed E-state index contributed by atoms with van der Waals surface area (Å²) in [5.74, 6) is -0.0158. The number of para-hydroxylation sites is 1. The summed E-state index contributed by atoms with van der Waals surface area (Å²) in [6, 6.07) is 9.69. The van der Waals surface area contributed by atoms with Gasteiger partial charge in [-0.25, -0.2) is 0 Å². The molecule has 0 atom stereocenters. The van der Waals surface area contributed by atoms with Gasteiger partial charge in [-0.3, -0.25) is 4.79 Å². The van der Waals surface area contributed by atoms with E-state index in [1.165, 1.54) is 0 Å². The smallest absolute Gasteiger partial charge is 0.233 e. The van der Waals surface area contributed by atoms with Gasteiger partial charge >= 0.3 is 0 Å². The van der Waals surface area contributed by atoms with Crippen molar-refractivity contribution in [1.29, 1.82) is 0 Å². The lowest BCUT2D eigenvalue weighted by molar-refractivity contribution is -0.120. The summed E-state index contributed by atoms with van der Waals surface area (Å²) in [6.45, 7) is 3.34. The molecule has 0 radical (unpaired) electrons. The highest BCUT2D eigenvalue weighted by atomic mass is 16.1. The maximum absolute atomic E-state index is 11.2. The summed E-state index contributed by atoms with van der Waals surface area (Å²) in [7, 11) is 0. The molecule has 0 bridgehead atoms. The van der Waals surface area contributed by atoms with Crippen LogP contribution in [0.4, 0.5) is 0 Å². The maximum atomic E-state index is 11.2. The summed E-state index contributed by atoms with van der Waals surface area (Å²) >= 11 is 0. The van der Waals surface area contributed by atoms with Crippen molar-refractivity contribution in [3.63, 3.8) is 0 Å². The van der Waals surface area contributed by atoms with Gasteiger partial charge in [0.2, 0.25) is 5.91 Å². The molecule has 1 aromatic heterocycles. The van der Waals surface area contributed by atoms with E-state index >= 15 is 0 Å². The second-order valence-electron chi connectivity index (χ2n) is 4.02. The number of carbonyl (C=O) groups is 1. The fourth-order valence-corrected chi connectivity index (χ4v) is 1.63. The molecule has 19 heavy (non-hydrogen) atoms. The Labute approximate surface area is 111 Å². The third kappa shape index (κ3) is 3.89. The Balaban J connectivity index is 1.86. The van der Waals surface area contributed by atoms with Crippen LogP contribution in [-0.2, 0) is 11.3 Å². The number of benzene rings is 1. The molecular weight excluding hydrogens is 242 g/mol. The van der Waals surface area contributed by atoms with Gasteiger partial charge in [-0.2, -0.15) is 15.0 Å². The number of nitrogens with zero attached hydrogens (tertiary/aromatic N) is 3. The highest BCUT2D eigenvalue weighted by molar-refractivity contribution is 5.77. The number of likely N-dealkylation sites (N-methyl/N-ethyl adjacent to an activating group) is 1. The minimum atomic E-state index is -0.0158. The van der Waals surface area contributed by atoms with Gasteiger partial charge in [0.05, 0.1) is 24.1 Å². The monoisotopic (exact) mass is 259 g/mol. The number of carbonyl (C=O) groups excluding carboxylic acids is 1. The molecule has 1 aromatic carbocycles. The average Bonchev–Trinajstić information content (AvgIpc) is 2.89. The summed E-state index contributed by atoms with van der Waals surface area (Å²) in [5.41, 5.74) is 1.71. The third-order valence-corrected chi connectivity index (χ3v) is 2.49. The van der Waals surface area contributed by atoms with E-state index in [-0.39, 0.29) is 12.5 Å². The zero-order valence-electron chi connectivity index (χ0n) is 10.8. The first-order chi connectivity index (χ1) is 9.29. The van der Waals surface area contributed by atoms with Crippen molar-refractivity contribution < 1.29 is 4.79 Å². The molecular formula is C13H17N5O. The predicted octanol–water partition coefficient (Wildman–Crippen LogP) is 0.493. The van der Waals surface area contributed by atoms with Crippen molar-refractivity contribution in [3.05, 3.63) is 42.2 Å². The normalized spacial score (nSPS) is 10.4. The second-order valence-corrected chi connectivity index (χ2v) is 4.02. The van der Waals surface area contributed by atoms with E-state index in [1.54, 1.807) is 11.0 Å². The first-order valence-electron chi connectivity index (χ1n) is 6.23. The van der Waals surface area contributed by atoms with Gasteiger partial charge in [-0.05, 0) is 19.1 Å². The van der Waals surface area contributed by atoms with E-state index in [2.05, 4.69) is 20.8 Å². The van der Waals surface area contributed by atoms with Crippen LogP contribution < -0.4 is 10.6 Å². The topological polar surface area (TPSA) is 71.8 Å². The Kier molecular flexibility index (Phi) is 4.63. The Bertz CT molecular complexity index is 523. The number of aromatic nitrogens is 3. The lowest BCUT2D eigenvalue weighted by Crippen LogP contribution is -2.33. The van der Waals surface area contributed by atoms with Gasteiger partial charge in [-0.15, -0.1) is 0 Å². The molecule has 2 aromatic rings. The van der Waals surface area contributed by atoms with Crippen molar-refractivity contribution in [2.45, 2.75) is 13.5 Å². The van der Waals surface area contributed by atoms with Crippen LogP contribution in [0.25, 0.3) is 5.69 Å². The maximum Gasteiger partial charge on any atom is 0.233 e. The Hall–Kier alpha value is -2.21. The first kappa shape index (κ1) is 13.2. The van der Waals surface area contributed by atoms with E-state index < -0.39 is 0 Å². The van der Waals surface area contributed by atoms with E-state index in [1.807, 2.05) is 37.3 Å². The van der Waals surface area contributed by atoms with Crippen LogP contribution >= 0.6 is 0 Å². The molecule has 1 amide bonds. The molecule has 1 heterocycles. The van der Waals surface area contributed by atoms with Crippen LogP contribution in [0.15, 0.2) is 36.5 Å². The minimum absolute atomic E-state index is 0.0158. The SMILES string of the molecule is CCNC(=O)CNCc1cnn(-c2ccccc2)n1. The third-order valence-electron chi connectivity index (χ3n) is 2.49. The summed E-state index contributed by atoms with van der Waals surface area (Å²) in [5, 5.41) is 14.3. The van der Waals surface area contributed by atoms with Gasteiger partial charge in [0.25, 0.3) is 0 Å². The highest BCUT2D eigenvalue weighted by Gasteiger charge is 2.03. The van der Waals surface area contributed by atoms with Crippen molar-refractivity contribution in [1.82, 2.24) is 25.6 Å². The molecule has 0 fully saturated rings. The van der Waals surface area contributed by atoms with Crippen molar-refractivity contribution >= 4 is 5.91 Å². The molecule has 2 N–H and O–H groups in total. The molecule has 0 unspecified atom stereocenters. The summed E-state index contributed by atoms with van der Waals surface area (Å²) in [4.78, 5) is 12.8. The average molecular weight is 259 g/mol. The fraction of sp³-hybridized carbons (Fsp3) is 0.308. The zero-order chi connectivity index (χ0) is 13.5. The molecule has 6 nitrogen and oxygen atoms in total. The molecule has 0 spiro atoms.